The highest BCUT2D eigenvalue weighted by molar-refractivity contribution is 5.94. The molecule has 0 aliphatic carbocycles. The first kappa shape index (κ1) is 15.9. The van der Waals surface area contributed by atoms with Gasteiger partial charge in [0, 0.05) is 12.7 Å². The molecule has 1 amide bonds. The van der Waals surface area contributed by atoms with Crippen LogP contribution in [0.25, 0.3) is 0 Å². The second-order valence-electron chi connectivity index (χ2n) is 4.80. The van der Waals surface area contributed by atoms with Crippen LogP contribution < -0.4 is 5.32 Å². The van der Waals surface area contributed by atoms with E-state index in [0.29, 0.717) is 5.56 Å². The number of ether oxygens (including phenoxy) is 2. The van der Waals surface area contributed by atoms with Crippen molar-refractivity contribution >= 4 is 5.91 Å². The first-order valence-corrected chi connectivity index (χ1v) is 6.59. The number of hydrogen-bond acceptors (Lipinski definition) is 6. The fraction of sp³-hybridized carbons (Fsp3) is 0.500. The van der Waals surface area contributed by atoms with E-state index >= 15 is 0 Å². The maximum Gasteiger partial charge on any atom is 0.251 e. The molecular weight excluding hydrogens is 278 g/mol. The van der Waals surface area contributed by atoms with Crippen molar-refractivity contribution in [1.29, 1.82) is 0 Å². The molecule has 1 heterocycles. The van der Waals surface area contributed by atoms with Crippen LogP contribution in [0, 0.1) is 0 Å². The molecule has 1 aromatic rings. The van der Waals surface area contributed by atoms with Crippen molar-refractivity contribution in [2.75, 3.05) is 13.7 Å². The van der Waals surface area contributed by atoms with Gasteiger partial charge in [-0.2, -0.15) is 0 Å². The molecule has 21 heavy (non-hydrogen) atoms. The van der Waals surface area contributed by atoms with E-state index in [1.54, 1.807) is 30.3 Å². The third-order valence-corrected chi connectivity index (χ3v) is 3.48. The minimum absolute atomic E-state index is 0.415. The number of aliphatic hydroxyl groups is 3. The van der Waals surface area contributed by atoms with E-state index in [2.05, 4.69) is 5.32 Å². The molecule has 5 atom stereocenters. The summed E-state index contributed by atoms with van der Waals surface area (Å²) in [4.78, 5) is 12.1. The van der Waals surface area contributed by atoms with Gasteiger partial charge >= 0.3 is 0 Å². The first-order valence-electron chi connectivity index (χ1n) is 6.59. The van der Waals surface area contributed by atoms with Gasteiger partial charge in [-0.05, 0) is 12.1 Å². The summed E-state index contributed by atoms with van der Waals surface area (Å²) in [5, 5.41) is 31.7. The van der Waals surface area contributed by atoms with Crippen molar-refractivity contribution in [3.05, 3.63) is 35.9 Å². The van der Waals surface area contributed by atoms with Crippen LogP contribution in [-0.4, -0.2) is 65.6 Å². The minimum atomic E-state index is -1.39. The van der Waals surface area contributed by atoms with Gasteiger partial charge in [0.25, 0.3) is 5.91 Å². The van der Waals surface area contributed by atoms with Crippen LogP contribution in [0.4, 0.5) is 0 Å². The molecule has 4 N–H and O–H groups in total. The summed E-state index contributed by atoms with van der Waals surface area (Å²) in [5.74, 6) is -0.417. The van der Waals surface area contributed by atoms with Gasteiger partial charge in [0.05, 0.1) is 6.61 Å². The Hall–Kier alpha value is -1.51. The first-order chi connectivity index (χ1) is 10.1. The van der Waals surface area contributed by atoms with Gasteiger partial charge in [0.1, 0.15) is 24.4 Å². The summed E-state index contributed by atoms with van der Waals surface area (Å²) >= 11 is 0. The predicted molar refractivity (Wildman–Crippen MR) is 72.5 cm³/mol. The van der Waals surface area contributed by atoms with Crippen molar-refractivity contribution in [1.82, 2.24) is 5.32 Å². The molecule has 1 aromatic carbocycles. The Labute approximate surface area is 122 Å². The van der Waals surface area contributed by atoms with Crippen molar-refractivity contribution in [3.63, 3.8) is 0 Å². The van der Waals surface area contributed by atoms with Crippen LogP contribution >= 0.6 is 0 Å². The zero-order valence-electron chi connectivity index (χ0n) is 11.5. The summed E-state index contributed by atoms with van der Waals surface area (Å²) in [5.41, 5.74) is 0.415. The molecular formula is C14H19NO6. The van der Waals surface area contributed by atoms with Gasteiger partial charge in [-0.1, -0.05) is 18.2 Å². The Morgan fingerprint density at radius 2 is 2.00 bits per heavy atom. The van der Waals surface area contributed by atoms with E-state index in [-0.39, 0.29) is 0 Å². The Bertz CT molecular complexity index is 468. The Morgan fingerprint density at radius 1 is 1.33 bits per heavy atom. The average molecular weight is 297 g/mol. The molecule has 0 spiro atoms. The summed E-state index contributed by atoms with van der Waals surface area (Å²) in [6.07, 6.45) is -4.40. The van der Waals surface area contributed by atoms with Crippen molar-refractivity contribution in [3.8, 4) is 0 Å². The normalized spacial score (nSPS) is 32.7. The van der Waals surface area contributed by atoms with Crippen molar-refractivity contribution in [2.24, 2.45) is 0 Å². The number of benzene rings is 1. The molecule has 1 aliphatic heterocycles. The lowest BCUT2D eigenvalue weighted by molar-refractivity contribution is -0.257. The average Bonchev–Trinajstić information content (AvgIpc) is 2.51. The topological polar surface area (TPSA) is 108 Å². The molecule has 0 radical (unpaired) electrons. The maximum absolute atomic E-state index is 12.1. The van der Waals surface area contributed by atoms with Gasteiger partial charge in [-0.3, -0.25) is 4.79 Å². The third-order valence-electron chi connectivity index (χ3n) is 3.48. The van der Waals surface area contributed by atoms with E-state index in [4.69, 9.17) is 14.6 Å². The van der Waals surface area contributed by atoms with Crippen LogP contribution in [0.2, 0.25) is 0 Å². The monoisotopic (exact) mass is 297 g/mol. The summed E-state index contributed by atoms with van der Waals surface area (Å²) in [6.45, 7) is -0.461. The second kappa shape index (κ2) is 6.97. The predicted octanol–water partition coefficient (Wildman–Crippen LogP) is -1.13. The fourth-order valence-corrected chi connectivity index (χ4v) is 2.35. The van der Waals surface area contributed by atoms with E-state index in [9.17, 15) is 15.0 Å². The van der Waals surface area contributed by atoms with Gasteiger partial charge < -0.3 is 30.1 Å². The number of aliphatic hydroxyl groups excluding tert-OH is 3. The standard InChI is InChI=1S/C14H19NO6/c1-20-12-10(14(19)21-9(7-16)11(12)17)15-13(18)8-5-3-2-4-6-8/h2-6,9-12,14,16-17,19H,7H2,1H3,(H,15,18)/t9-,10-,11+,12+,14-/m1/s1. The Kier molecular flexibility index (Phi) is 5.27. The zero-order chi connectivity index (χ0) is 15.4. The quantitative estimate of drug-likeness (QED) is 0.560. The smallest absolute Gasteiger partial charge is 0.251 e. The van der Waals surface area contributed by atoms with Crippen LogP contribution in [0.1, 0.15) is 10.4 Å². The number of carbonyl (C=O) groups is 1. The molecule has 2 rings (SSSR count). The van der Waals surface area contributed by atoms with Crippen LogP contribution in [0.3, 0.4) is 0 Å². The Balaban J connectivity index is 2.12. The number of methoxy groups -OCH3 is 1. The Morgan fingerprint density at radius 3 is 2.57 bits per heavy atom. The van der Waals surface area contributed by atoms with Crippen LogP contribution in [0.15, 0.2) is 30.3 Å². The molecule has 0 bridgehead atoms. The molecule has 1 aliphatic rings. The molecule has 1 saturated heterocycles. The van der Waals surface area contributed by atoms with E-state index in [1.807, 2.05) is 0 Å². The summed E-state index contributed by atoms with van der Waals surface area (Å²) < 4.78 is 10.2. The lowest BCUT2D eigenvalue weighted by atomic mass is 9.96. The number of nitrogens with one attached hydrogen (secondary N) is 1. The van der Waals surface area contributed by atoms with Gasteiger partial charge in [-0.25, -0.2) is 0 Å². The number of rotatable bonds is 4. The van der Waals surface area contributed by atoms with Crippen molar-refractivity contribution < 1.29 is 29.6 Å². The minimum Gasteiger partial charge on any atom is -0.394 e. The fourth-order valence-electron chi connectivity index (χ4n) is 2.35. The van der Waals surface area contributed by atoms with Crippen molar-refractivity contribution in [2.45, 2.75) is 30.6 Å². The third kappa shape index (κ3) is 3.39. The lowest BCUT2D eigenvalue weighted by Crippen LogP contribution is -2.64. The zero-order valence-corrected chi connectivity index (χ0v) is 11.5. The summed E-state index contributed by atoms with van der Waals surface area (Å²) in [6, 6.07) is 7.52. The molecule has 116 valence electrons. The van der Waals surface area contributed by atoms with Gasteiger partial charge in [0.15, 0.2) is 6.29 Å². The largest absolute Gasteiger partial charge is 0.394 e. The number of carbonyl (C=O) groups excluding carboxylic acids is 1. The van der Waals surface area contributed by atoms with Gasteiger partial charge in [0.2, 0.25) is 0 Å². The van der Waals surface area contributed by atoms with E-state index < -0.39 is 43.2 Å². The van der Waals surface area contributed by atoms with Crippen LogP contribution in [0.5, 0.6) is 0 Å². The molecule has 7 heteroatoms. The van der Waals surface area contributed by atoms with E-state index in [1.165, 1.54) is 7.11 Å². The van der Waals surface area contributed by atoms with Gasteiger partial charge in [-0.15, -0.1) is 0 Å². The summed E-state index contributed by atoms with van der Waals surface area (Å²) in [7, 11) is 1.35. The molecule has 0 unspecified atom stereocenters. The SMILES string of the molecule is CO[C@@H]1[C@@H](O)[C@@H](CO)O[C@@H](O)[C@@H]1NC(=O)c1ccccc1. The number of amides is 1. The number of hydrogen-bond donors (Lipinski definition) is 4. The molecule has 0 saturated carbocycles. The molecule has 0 aromatic heterocycles. The second-order valence-corrected chi connectivity index (χ2v) is 4.80. The molecule has 7 nitrogen and oxygen atoms in total. The highest BCUT2D eigenvalue weighted by atomic mass is 16.6. The van der Waals surface area contributed by atoms with E-state index in [0.717, 1.165) is 0 Å². The lowest BCUT2D eigenvalue weighted by Gasteiger charge is -2.41. The highest BCUT2D eigenvalue weighted by Crippen LogP contribution is 2.22. The molecule has 1 fully saturated rings. The maximum atomic E-state index is 12.1. The van der Waals surface area contributed by atoms with Crippen LogP contribution in [-0.2, 0) is 9.47 Å². The highest BCUT2D eigenvalue weighted by Gasteiger charge is 2.45.